The van der Waals surface area contributed by atoms with E-state index in [-0.39, 0.29) is 41.2 Å². The van der Waals surface area contributed by atoms with Crippen LogP contribution in [-0.4, -0.2) is 28.6 Å². The predicted octanol–water partition coefficient (Wildman–Crippen LogP) is 3.23. The Kier molecular flexibility index (Phi) is 5.37. The van der Waals surface area contributed by atoms with Gasteiger partial charge < -0.3 is 14.9 Å². The monoisotopic (exact) mass is 326 g/mol. The van der Waals surface area contributed by atoms with Crippen molar-refractivity contribution in [3.63, 3.8) is 0 Å². The second-order valence-electron chi connectivity index (χ2n) is 5.09. The van der Waals surface area contributed by atoms with Gasteiger partial charge in [0, 0.05) is 5.56 Å². The lowest BCUT2D eigenvalue weighted by atomic mass is 9.96. The topological polar surface area (TPSA) is 83.8 Å². The van der Waals surface area contributed by atoms with Gasteiger partial charge >= 0.3 is 5.97 Å². The lowest BCUT2D eigenvalue weighted by molar-refractivity contribution is 0.0523. The number of ketones is 1. The Balaban J connectivity index is 2.57. The molecule has 0 amide bonds. The molecule has 2 N–H and O–H groups in total. The maximum Gasteiger partial charge on any atom is 0.341 e. The first-order valence-electron chi connectivity index (χ1n) is 7.46. The molecule has 5 nitrogen and oxygen atoms in total. The molecule has 0 aliphatic heterocycles. The number of hydrogen-bond acceptors (Lipinski definition) is 5. The number of hydrogen-bond donors (Lipinski definition) is 2. The third-order valence-corrected chi connectivity index (χ3v) is 3.46. The number of carbonyl (C=O) groups is 2. The smallest absolute Gasteiger partial charge is 0.341 e. The molecule has 2 rings (SSSR count). The molecule has 2 aromatic carbocycles. The fraction of sp³-hybridized carbons (Fsp3) is 0.158. The van der Waals surface area contributed by atoms with Crippen molar-refractivity contribution in [2.75, 3.05) is 6.61 Å². The fourth-order valence-corrected chi connectivity index (χ4v) is 2.32. The van der Waals surface area contributed by atoms with Gasteiger partial charge in [-0.25, -0.2) is 4.79 Å². The van der Waals surface area contributed by atoms with Crippen LogP contribution >= 0.6 is 0 Å². The molecule has 0 atom stereocenters. The van der Waals surface area contributed by atoms with Gasteiger partial charge in [0.2, 0.25) is 0 Å². The van der Waals surface area contributed by atoms with Crippen molar-refractivity contribution in [2.24, 2.45) is 0 Å². The van der Waals surface area contributed by atoms with Crippen LogP contribution in [0.4, 0.5) is 0 Å². The Morgan fingerprint density at radius 2 is 1.88 bits per heavy atom. The maximum absolute atomic E-state index is 12.6. The van der Waals surface area contributed by atoms with E-state index in [1.165, 1.54) is 24.3 Å². The highest BCUT2D eigenvalue weighted by Crippen LogP contribution is 2.29. The summed E-state index contributed by atoms with van der Waals surface area (Å²) in [5, 5.41) is 20.1. The Morgan fingerprint density at radius 3 is 2.50 bits per heavy atom. The van der Waals surface area contributed by atoms with Crippen LogP contribution in [0.2, 0.25) is 0 Å². The highest BCUT2D eigenvalue weighted by atomic mass is 16.5. The van der Waals surface area contributed by atoms with Crippen molar-refractivity contribution >= 4 is 11.8 Å². The van der Waals surface area contributed by atoms with Crippen LogP contribution in [0.3, 0.4) is 0 Å². The van der Waals surface area contributed by atoms with Gasteiger partial charge in [-0.05, 0) is 43.2 Å². The minimum Gasteiger partial charge on any atom is -0.507 e. The summed E-state index contributed by atoms with van der Waals surface area (Å²) in [5.41, 5.74) is 0.584. The molecule has 0 heterocycles. The van der Waals surface area contributed by atoms with Crippen molar-refractivity contribution in [3.8, 4) is 11.5 Å². The van der Waals surface area contributed by atoms with Crippen molar-refractivity contribution in [2.45, 2.75) is 13.3 Å². The normalized spacial score (nSPS) is 10.2. The van der Waals surface area contributed by atoms with Crippen LogP contribution < -0.4 is 0 Å². The SMILES string of the molecule is C=CCc1cc(C(=O)c2ccccc2O)cc(C(=O)OCC)c1O. The van der Waals surface area contributed by atoms with Crippen molar-refractivity contribution in [1.29, 1.82) is 0 Å². The van der Waals surface area contributed by atoms with Gasteiger partial charge in [-0.1, -0.05) is 18.2 Å². The van der Waals surface area contributed by atoms with Crippen LogP contribution in [0.1, 0.15) is 38.8 Å². The summed E-state index contributed by atoms with van der Waals surface area (Å²) in [6, 6.07) is 8.88. The Bertz CT molecular complexity index is 792. The predicted molar refractivity (Wildman–Crippen MR) is 89.5 cm³/mol. The van der Waals surface area contributed by atoms with E-state index in [0.29, 0.717) is 5.56 Å². The van der Waals surface area contributed by atoms with Gasteiger partial charge in [0.25, 0.3) is 0 Å². The summed E-state index contributed by atoms with van der Waals surface area (Å²) < 4.78 is 4.92. The molecule has 24 heavy (non-hydrogen) atoms. The summed E-state index contributed by atoms with van der Waals surface area (Å²) >= 11 is 0. The number of carbonyl (C=O) groups excluding carboxylic acids is 2. The minimum absolute atomic E-state index is 0.0880. The molecule has 0 aliphatic rings. The number of phenols is 2. The standard InChI is InChI=1S/C19H18O5/c1-3-7-12-10-13(11-15(17(12)21)19(23)24-4-2)18(22)14-8-5-6-9-16(14)20/h3,5-6,8-11,20-21H,1,4,7H2,2H3. The molecule has 2 aromatic rings. The summed E-state index contributed by atoms with van der Waals surface area (Å²) in [6.45, 7) is 5.40. The van der Waals surface area contributed by atoms with Crippen LogP contribution in [-0.2, 0) is 11.2 Å². The first-order valence-corrected chi connectivity index (χ1v) is 7.46. The zero-order valence-corrected chi connectivity index (χ0v) is 13.3. The maximum atomic E-state index is 12.6. The third kappa shape index (κ3) is 3.46. The van der Waals surface area contributed by atoms with Crippen LogP contribution in [0.15, 0.2) is 49.1 Å². The molecule has 0 saturated carbocycles. The van der Waals surface area contributed by atoms with Crippen LogP contribution in [0.25, 0.3) is 0 Å². The zero-order chi connectivity index (χ0) is 17.7. The van der Waals surface area contributed by atoms with Gasteiger partial charge in [-0.3, -0.25) is 4.79 Å². The zero-order valence-electron chi connectivity index (χ0n) is 13.3. The van der Waals surface area contributed by atoms with E-state index >= 15 is 0 Å². The first-order chi connectivity index (χ1) is 11.5. The highest BCUT2D eigenvalue weighted by molar-refractivity contribution is 6.12. The number of ether oxygens (including phenoxy) is 1. The lowest BCUT2D eigenvalue weighted by Crippen LogP contribution is -2.10. The average Bonchev–Trinajstić information content (AvgIpc) is 2.57. The van der Waals surface area contributed by atoms with Crippen molar-refractivity contribution < 1.29 is 24.5 Å². The molecule has 0 unspecified atom stereocenters. The van der Waals surface area contributed by atoms with E-state index in [2.05, 4.69) is 6.58 Å². The summed E-state index contributed by atoms with van der Waals surface area (Å²) in [6.07, 6.45) is 1.83. The molecule has 0 fully saturated rings. The average molecular weight is 326 g/mol. The molecule has 0 saturated heterocycles. The Labute approximate surface area is 139 Å². The number of esters is 1. The van der Waals surface area contributed by atoms with E-state index in [0.717, 1.165) is 0 Å². The van der Waals surface area contributed by atoms with Gasteiger partial charge in [-0.15, -0.1) is 6.58 Å². The molecule has 124 valence electrons. The molecule has 0 spiro atoms. The van der Waals surface area contributed by atoms with E-state index in [9.17, 15) is 19.8 Å². The second-order valence-corrected chi connectivity index (χ2v) is 5.09. The van der Waals surface area contributed by atoms with Gasteiger partial charge in [0.05, 0.1) is 12.2 Å². The van der Waals surface area contributed by atoms with E-state index in [1.807, 2.05) is 0 Å². The molecule has 0 aromatic heterocycles. The minimum atomic E-state index is -0.716. The first kappa shape index (κ1) is 17.3. The lowest BCUT2D eigenvalue weighted by Gasteiger charge is -2.12. The molecule has 0 radical (unpaired) electrons. The van der Waals surface area contributed by atoms with Gasteiger partial charge in [0.15, 0.2) is 5.78 Å². The number of phenolic OH excluding ortho intramolecular Hbond substituents is 2. The number of benzene rings is 2. The van der Waals surface area contributed by atoms with Crippen molar-refractivity contribution in [1.82, 2.24) is 0 Å². The van der Waals surface area contributed by atoms with Gasteiger partial charge in [0.1, 0.15) is 17.1 Å². The third-order valence-electron chi connectivity index (χ3n) is 3.46. The number of rotatable bonds is 6. The van der Waals surface area contributed by atoms with Gasteiger partial charge in [-0.2, -0.15) is 0 Å². The Hall–Kier alpha value is -3.08. The Morgan fingerprint density at radius 1 is 1.17 bits per heavy atom. The number of para-hydroxylation sites is 1. The quantitative estimate of drug-likeness (QED) is 0.484. The number of aromatic hydroxyl groups is 2. The van der Waals surface area contributed by atoms with Crippen molar-refractivity contribution in [3.05, 3.63) is 71.3 Å². The van der Waals surface area contributed by atoms with Crippen LogP contribution in [0, 0.1) is 0 Å². The summed E-state index contributed by atoms with van der Waals surface area (Å²) in [4.78, 5) is 24.7. The number of allylic oxidation sites excluding steroid dienone is 1. The molecule has 0 bridgehead atoms. The molecule has 0 aliphatic carbocycles. The fourth-order valence-electron chi connectivity index (χ4n) is 2.32. The largest absolute Gasteiger partial charge is 0.507 e. The van der Waals surface area contributed by atoms with E-state index < -0.39 is 11.8 Å². The molecular weight excluding hydrogens is 308 g/mol. The van der Waals surface area contributed by atoms with Crippen LogP contribution in [0.5, 0.6) is 11.5 Å². The van der Waals surface area contributed by atoms with E-state index in [1.54, 1.807) is 25.1 Å². The highest BCUT2D eigenvalue weighted by Gasteiger charge is 2.21. The molecular formula is C19H18O5. The molecule has 5 heteroatoms. The summed E-state index contributed by atoms with van der Waals surface area (Å²) in [5.74, 6) is -1.56. The second kappa shape index (κ2) is 7.46. The van der Waals surface area contributed by atoms with E-state index in [4.69, 9.17) is 4.74 Å². The summed E-state index contributed by atoms with van der Waals surface area (Å²) in [7, 11) is 0.